The highest BCUT2D eigenvalue weighted by Gasteiger charge is 2.33. The normalized spacial score (nSPS) is 23.8. The van der Waals surface area contributed by atoms with E-state index in [0.29, 0.717) is 24.2 Å². The molecule has 1 atom stereocenters. The summed E-state index contributed by atoms with van der Waals surface area (Å²) in [7, 11) is 0. The number of rotatable bonds is 3. The molecule has 0 radical (unpaired) electrons. The second-order valence-corrected chi connectivity index (χ2v) is 8.19. The Hall–Kier alpha value is -0.790. The minimum absolute atomic E-state index is 0.144. The molecule has 1 heterocycles. The molecular formula is C20H37NO. The summed E-state index contributed by atoms with van der Waals surface area (Å²) in [5, 5.41) is 0. The molecule has 1 amide bonds. The standard InChI is InChI=1S/C20H37NO/c1-8-16(4)19-17(15(2)3)13-11-9-10-12-14-18(22)21(19)20(5,6)7/h15-16H,8-14H2,1-7H3/b19-17+. The van der Waals surface area contributed by atoms with E-state index in [1.807, 2.05) is 0 Å². The molecule has 0 aliphatic carbocycles. The number of nitrogens with zero attached hydrogens (tertiary/aromatic N) is 1. The van der Waals surface area contributed by atoms with Gasteiger partial charge < -0.3 is 4.90 Å². The highest BCUT2D eigenvalue weighted by Crippen LogP contribution is 2.36. The molecule has 0 aromatic heterocycles. The molecule has 0 spiro atoms. The molecule has 1 rings (SSSR count). The van der Waals surface area contributed by atoms with E-state index < -0.39 is 0 Å². The van der Waals surface area contributed by atoms with Gasteiger partial charge in [0.1, 0.15) is 0 Å². The Morgan fingerprint density at radius 3 is 2.00 bits per heavy atom. The van der Waals surface area contributed by atoms with Crippen molar-refractivity contribution in [3.8, 4) is 0 Å². The van der Waals surface area contributed by atoms with Crippen LogP contribution in [0.3, 0.4) is 0 Å². The third kappa shape index (κ3) is 4.86. The highest BCUT2D eigenvalue weighted by atomic mass is 16.2. The average molecular weight is 308 g/mol. The van der Waals surface area contributed by atoms with E-state index in [9.17, 15) is 4.79 Å². The Bertz CT molecular complexity index is 400. The van der Waals surface area contributed by atoms with E-state index in [2.05, 4.69) is 53.4 Å². The maximum absolute atomic E-state index is 13.0. The summed E-state index contributed by atoms with van der Waals surface area (Å²) in [5.74, 6) is 1.28. The average Bonchev–Trinajstić information content (AvgIpc) is 2.42. The highest BCUT2D eigenvalue weighted by molar-refractivity contribution is 5.79. The smallest absolute Gasteiger partial charge is 0.227 e. The van der Waals surface area contributed by atoms with Crippen LogP contribution >= 0.6 is 0 Å². The van der Waals surface area contributed by atoms with Crippen LogP contribution in [-0.2, 0) is 4.79 Å². The van der Waals surface area contributed by atoms with Crippen LogP contribution in [0.4, 0.5) is 0 Å². The van der Waals surface area contributed by atoms with Crippen LogP contribution in [0.15, 0.2) is 11.3 Å². The summed E-state index contributed by atoms with van der Waals surface area (Å²) in [6.07, 6.45) is 7.68. The zero-order valence-electron chi connectivity index (χ0n) is 16.0. The SMILES string of the molecule is CCC(C)/C1=C(\C(C)C)CCCCCCC(=O)N1C(C)(C)C. The summed E-state index contributed by atoms with van der Waals surface area (Å²) >= 11 is 0. The lowest BCUT2D eigenvalue weighted by Gasteiger charge is -2.42. The number of hydrogen-bond acceptors (Lipinski definition) is 1. The number of carbonyl (C=O) groups is 1. The zero-order chi connectivity index (χ0) is 16.9. The van der Waals surface area contributed by atoms with Crippen molar-refractivity contribution in [3.63, 3.8) is 0 Å². The van der Waals surface area contributed by atoms with Crippen LogP contribution in [0.2, 0.25) is 0 Å². The molecular weight excluding hydrogens is 270 g/mol. The van der Waals surface area contributed by atoms with Crippen LogP contribution in [0.1, 0.15) is 93.4 Å². The summed E-state index contributed by atoms with van der Waals surface area (Å²) in [6, 6.07) is 0. The van der Waals surface area contributed by atoms with Crippen LogP contribution in [0.25, 0.3) is 0 Å². The van der Waals surface area contributed by atoms with Crippen molar-refractivity contribution in [1.82, 2.24) is 4.90 Å². The van der Waals surface area contributed by atoms with Gasteiger partial charge in [0.15, 0.2) is 0 Å². The molecule has 0 aromatic carbocycles. The van der Waals surface area contributed by atoms with Crippen LogP contribution in [0, 0.1) is 11.8 Å². The molecule has 2 nitrogen and oxygen atoms in total. The third-order valence-corrected chi connectivity index (χ3v) is 4.85. The first kappa shape index (κ1) is 19.3. The van der Waals surface area contributed by atoms with E-state index in [0.717, 1.165) is 19.3 Å². The fourth-order valence-corrected chi connectivity index (χ4v) is 3.51. The van der Waals surface area contributed by atoms with Crippen molar-refractivity contribution in [2.24, 2.45) is 11.8 Å². The van der Waals surface area contributed by atoms with Crippen molar-refractivity contribution in [2.75, 3.05) is 0 Å². The lowest BCUT2D eigenvalue weighted by atomic mass is 9.86. The Labute approximate surface area is 138 Å². The molecule has 0 saturated carbocycles. The van der Waals surface area contributed by atoms with E-state index in [4.69, 9.17) is 0 Å². The van der Waals surface area contributed by atoms with Crippen LogP contribution in [-0.4, -0.2) is 16.3 Å². The zero-order valence-corrected chi connectivity index (χ0v) is 16.0. The van der Waals surface area contributed by atoms with Crippen molar-refractivity contribution >= 4 is 5.91 Å². The molecule has 1 aliphatic rings. The number of amides is 1. The number of allylic oxidation sites excluding steroid dienone is 2. The maximum atomic E-state index is 13.0. The Balaban J connectivity index is 3.47. The molecule has 0 N–H and O–H groups in total. The second kappa shape index (κ2) is 8.17. The van der Waals surface area contributed by atoms with Gasteiger partial charge in [-0.2, -0.15) is 0 Å². The predicted molar refractivity (Wildman–Crippen MR) is 95.6 cm³/mol. The Morgan fingerprint density at radius 2 is 1.55 bits per heavy atom. The summed E-state index contributed by atoms with van der Waals surface area (Å²) in [5.41, 5.74) is 2.70. The van der Waals surface area contributed by atoms with Gasteiger partial charge in [-0.05, 0) is 63.9 Å². The second-order valence-electron chi connectivity index (χ2n) is 8.19. The van der Waals surface area contributed by atoms with Gasteiger partial charge in [0.2, 0.25) is 5.91 Å². The van der Waals surface area contributed by atoms with Gasteiger partial charge in [0.25, 0.3) is 0 Å². The molecule has 0 aromatic rings. The molecule has 0 saturated heterocycles. The number of carbonyl (C=O) groups excluding carboxylic acids is 1. The minimum atomic E-state index is -0.144. The van der Waals surface area contributed by atoms with Crippen LogP contribution in [0.5, 0.6) is 0 Å². The van der Waals surface area contributed by atoms with Crippen molar-refractivity contribution in [3.05, 3.63) is 11.3 Å². The van der Waals surface area contributed by atoms with Gasteiger partial charge in [0.05, 0.1) is 0 Å². The van der Waals surface area contributed by atoms with Gasteiger partial charge in [-0.1, -0.05) is 40.5 Å². The van der Waals surface area contributed by atoms with Gasteiger partial charge in [-0.3, -0.25) is 4.79 Å². The number of hydrogen-bond donors (Lipinski definition) is 0. The first-order chi connectivity index (χ1) is 10.2. The van der Waals surface area contributed by atoms with E-state index in [1.54, 1.807) is 0 Å². The Kier molecular flexibility index (Phi) is 7.15. The quantitative estimate of drug-likeness (QED) is 0.633. The summed E-state index contributed by atoms with van der Waals surface area (Å²) in [4.78, 5) is 15.1. The van der Waals surface area contributed by atoms with E-state index in [1.165, 1.54) is 30.5 Å². The predicted octanol–water partition coefficient (Wildman–Crippen LogP) is 5.92. The fourth-order valence-electron chi connectivity index (χ4n) is 3.51. The minimum Gasteiger partial charge on any atom is -0.311 e. The molecule has 0 fully saturated rings. The lowest BCUT2D eigenvalue weighted by molar-refractivity contribution is -0.134. The molecule has 1 unspecified atom stereocenters. The topological polar surface area (TPSA) is 20.3 Å². The first-order valence-corrected chi connectivity index (χ1v) is 9.26. The van der Waals surface area contributed by atoms with Gasteiger partial charge in [-0.15, -0.1) is 0 Å². The van der Waals surface area contributed by atoms with Crippen molar-refractivity contribution in [1.29, 1.82) is 0 Å². The summed E-state index contributed by atoms with van der Waals surface area (Å²) < 4.78 is 0. The fraction of sp³-hybridized carbons (Fsp3) is 0.850. The van der Waals surface area contributed by atoms with Gasteiger partial charge >= 0.3 is 0 Å². The molecule has 128 valence electrons. The first-order valence-electron chi connectivity index (χ1n) is 9.26. The molecule has 1 aliphatic heterocycles. The van der Waals surface area contributed by atoms with Crippen molar-refractivity contribution in [2.45, 2.75) is 99.0 Å². The Morgan fingerprint density at radius 1 is 1.00 bits per heavy atom. The van der Waals surface area contributed by atoms with Crippen molar-refractivity contribution < 1.29 is 4.79 Å². The summed E-state index contributed by atoms with van der Waals surface area (Å²) in [6.45, 7) is 15.6. The third-order valence-electron chi connectivity index (χ3n) is 4.85. The molecule has 0 bridgehead atoms. The van der Waals surface area contributed by atoms with E-state index in [-0.39, 0.29) is 5.54 Å². The van der Waals surface area contributed by atoms with Gasteiger partial charge in [-0.25, -0.2) is 0 Å². The molecule has 22 heavy (non-hydrogen) atoms. The monoisotopic (exact) mass is 307 g/mol. The van der Waals surface area contributed by atoms with Gasteiger partial charge in [0, 0.05) is 17.7 Å². The lowest BCUT2D eigenvalue weighted by Crippen LogP contribution is -2.47. The molecule has 2 heteroatoms. The largest absolute Gasteiger partial charge is 0.311 e. The maximum Gasteiger partial charge on any atom is 0.227 e. The van der Waals surface area contributed by atoms with Crippen LogP contribution < -0.4 is 0 Å². The van der Waals surface area contributed by atoms with E-state index >= 15 is 0 Å².